The molecule has 0 saturated carbocycles. The molecule has 8 nitrogen and oxygen atoms in total. The SMILES string of the molecule is [C-]#[N+]C[C@H]1CN(c2nc(OCC34CCCN3C[C@H](F)C4)nc3cc(-c4cccc5sccc45)ccc23)CCN1C(=O)C=C. The van der Waals surface area contributed by atoms with E-state index < -0.39 is 6.17 Å². The molecule has 1 amide bonds. The zero-order valence-electron chi connectivity index (χ0n) is 23.9. The topological polar surface area (TPSA) is 66.2 Å². The van der Waals surface area contributed by atoms with Gasteiger partial charge in [-0.25, -0.2) is 11.0 Å². The first kappa shape index (κ1) is 27.7. The maximum Gasteiger partial charge on any atom is 0.319 e. The average molecular weight is 597 g/mol. The molecule has 0 bridgehead atoms. The van der Waals surface area contributed by atoms with Crippen LogP contribution in [0.2, 0.25) is 0 Å². The number of nitrogens with zero attached hydrogens (tertiary/aromatic N) is 6. The molecule has 3 fully saturated rings. The number of rotatable bonds is 7. The van der Waals surface area contributed by atoms with Crippen LogP contribution in [0, 0.1) is 6.57 Å². The number of thiophene rings is 1. The molecule has 0 aliphatic carbocycles. The van der Waals surface area contributed by atoms with Crippen molar-refractivity contribution in [2.75, 3.05) is 50.8 Å². The molecule has 220 valence electrons. The van der Waals surface area contributed by atoms with E-state index in [1.54, 1.807) is 16.2 Å². The molecule has 3 saturated heterocycles. The fourth-order valence-corrected chi connectivity index (χ4v) is 7.99. The highest BCUT2D eigenvalue weighted by Gasteiger charge is 2.49. The average Bonchev–Trinajstić information content (AvgIpc) is 3.73. The number of hydrogen-bond donors (Lipinski definition) is 0. The smallest absolute Gasteiger partial charge is 0.319 e. The lowest BCUT2D eigenvalue weighted by molar-refractivity contribution is -0.128. The Kier molecular flexibility index (Phi) is 7.23. The number of halogens is 1. The summed E-state index contributed by atoms with van der Waals surface area (Å²) >= 11 is 1.72. The van der Waals surface area contributed by atoms with E-state index in [2.05, 4.69) is 69.1 Å². The van der Waals surface area contributed by atoms with Crippen molar-refractivity contribution in [3.63, 3.8) is 0 Å². The molecule has 10 heteroatoms. The maximum atomic E-state index is 14.4. The van der Waals surface area contributed by atoms with Crippen LogP contribution in [-0.2, 0) is 4.79 Å². The van der Waals surface area contributed by atoms with E-state index in [1.807, 2.05) is 0 Å². The molecule has 43 heavy (non-hydrogen) atoms. The van der Waals surface area contributed by atoms with Gasteiger partial charge in [0.1, 0.15) is 24.6 Å². The molecule has 3 aliphatic heterocycles. The van der Waals surface area contributed by atoms with Crippen LogP contribution < -0.4 is 9.64 Å². The summed E-state index contributed by atoms with van der Waals surface area (Å²) in [7, 11) is 0. The van der Waals surface area contributed by atoms with Gasteiger partial charge in [-0.1, -0.05) is 24.8 Å². The number of hydrogen-bond acceptors (Lipinski definition) is 7. The number of carbonyl (C=O) groups is 1. The molecule has 2 aromatic carbocycles. The predicted molar refractivity (Wildman–Crippen MR) is 168 cm³/mol. The first-order valence-electron chi connectivity index (χ1n) is 14.8. The standard InChI is InChI=1S/C33H33FN6O2S/c1-3-30(41)40-14-13-38(20-24(40)18-35-2)31-27-9-8-22(25-6-4-7-29-26(25)10-15-43-29)16-28(27)36-32(37-31)42-21-33-11-5-12-39(33)19-23(34)17-33/h3-4,6-10,15-16,23-24H,1,5,11-14,17-21H2/t23-,24+,33?/m1/s1. The number of alkyl halides is 1. The minimum atomic E-state index is -0.840. The molecule has 0 radical (unpaired) electrons. The molecular formula is C33H33FN6O2S. The summed E-state index contributed by atoms with van der Waals surface area (Å²) in [5, 5.41) is 4.18. The van der Waals surface area contributed by atoms with Crippen LogP contribution in [-0.4, -0.2) is 89.3 Å². The highest BCUT2D eigenvalue weighted by atomic mass is 32.1. The fourth-order valence-electron chi connectivity index (χ4n) is 7.18. The number of amides is 1. The van der Waals surface area contributed by atoms with Gasteiger partial charge in [0.2, 0.25) is 12.5 Å². The van der Waals surface area contributed by atoms with E-state index in [0.717, 1.165) is 47.2 Å². The van der Waals surface area contributed by atoms with Crippen LogP contribution in [0.5, 0.6) is 6.01 Å². The zero-order chi connectivity index (χ0) is 29.6. The third-order valence-electron chi connectivity index (χ3n) is 9.24. The van der Waals surface area contributed by atoms with Crippen molar-refractivity contribution in [2.24, 2.45) is 0 Å². The number of aromatic nitrogens is 2. The van der Waals surface area contributed by atoms with Crippen LogP contribution >= 0.6 is 11.3 Å². The van der Waals surface area contributed by atoms with Gasteiger partial charge >= 0.3 is 6.01 Å². The lowest BCUT2D eigenvalue weighted by Gasteiger charge is -2.39. The number of carbonyl (C=O) groups excluding carboxylic acids is 1. The van der Waals surface area contributed by atoms with Gasteiger partial charge in [0.05, 0.1) is 11.1 Å². The Hall–Kier alpha value is -4.07. The number of piperazine rings is 1. The van der Waals surface area contributed by atoms with E-state index in [9.17, 15) is 9.18 Å². The van der Waals surface area contributed by atoms with E-state index >= 15 is 0 Å². The van der Waals surface area contributed by atoms with E-state index in [4.69, 9.17) is 21.3 Å². The van der Waals surface area contributed by atoms with Crippen molar-refractivity contribution >= 4 is 44.1 Å². The molecule has 4 aromatic rings. The Morgan fingerprint density at radius 1 is 1.19 bits per heavy atom. The van der Waals surface area contributed by atoms with Crippen molar-refractivity contribution in [3.05, 3.63) is 71.9 Å². The second-order valence-electron chi connectivity index (χ2n) is 11.7. The minimum absolute atomic E-state index is 0.166. The third-order valence-corrected chi connectivity index (χ3v) is 10.1. The third kappa shape index (κ3) is 5.00. The normalized spacial score (nSPS) is 23.9. The molecule has 1 unspecified atom stereocenters. The lowest BCUT2D eigenvalue weighted by atomic mass is 9.95. The molecule has 0 spiro atoms. The Morgan fingerprint density at radius 2 is 2.09 bits per heavy atom. The first-order valence-corrected chi connectivity index (χ1v) is 15.7. The van der Waals surface area contributed by atoms with Gasteiger partial charge in [-0.05, 0) is 66.2 Å². The second-order valence-corrected chi connectivity index (χ2v) is 12.7. The van der Waals surface area contributed by atoms with Crippen LogP contribution in [0.4, 0.5) is 10.2 Å². The Labute approximate surface area is 254 Å². The zero-order valence-corrected chi connectivity index (χ0v) is 24.7. The van der Waals surface area contributed by atoms with E-state index in [0.29, 0.717) is 39.2 Å². The summed E-state index contributed by atoms with van der Waals surface area (Å²) < 4.78 is 22.0. The predicted octanol–water partition coefficient (Wildman–Crippen LogP) is 5.59. The number of ether oxygens (including phenoxy) is 1. The number of fused-ring (bicyclic) bond motifs is 3. The van der Waals surface area contributed by atoms with Crippen molar-refractivity contribution < 1.29 is 13.9 Å². The van der Waals surface area contributed by atoms with Gasteiger partial charge in [-0.3, -0.25) is 9.69 Å². The van der Waals surface area contributed by atoms with Gasteiger partial charge in [-0.15, -0.1) is 11.3 Å². The molecular weight excluding hydrogens is 563 g/mol. The molecule has 5 heterocycles. The van der Waals surface area contributed by atoms with Gasteiger partial charge in [0.15, 0.2) is 0 Å². The molecule has 0 N–H and O–H groups in total. The van der Waals surface area contributed by atoms with Crippen LogP contribution in [0.25, 0.3) is 37.0 Å². The fraction of sp³-hybridized carbons (Fsp3) is 0.394. The summed E-state index contributed by atoms with van der Waals surface area (Å²) in [5.74, 6) is 0.553. The minimum Gasteiger partial charge on any atom is -0.461 e. The summed E-state index contributed by atoms with van der Waals surface area (Å²) in [5.41, 5.74) is 2.63. The van der Waals surface area contributed by atoms with Crippen molar-refractivity contribution in [1.29, 1.82) is 0 Å². The summed E-state index contributed by atoms with van der Waals surface area (Å²) in [6.07, 6.45) is 2.88. The van der Waals surface area contributed by atoms with Crippen molar-refractivity contribution in [1.82, 2.24) is 19.8 Å². The maximum absolute atomic E-state index is 14.4. The molecule has 3 aliphatic rings. The highest BCUT2D eigenvalue weighted by molar-refractivity contribution is 7.17. The van der Waals surface area contributed by atoms with E-state index in [1.165, 1.54) is 16.2 Å². The monoisotopic (exact) mass is 596 g/mol. The Balaban J connectivity index is 1.28. The Bertz CT molecular complexity index is 1750. The van der Waals surface area contributed by atoms with Gasteiger partial charge in [0, 0.05) is 48.1 Å². The number of benzene rings is 2. The lowest BCUT2D eigenvalue weighted by Crippen LogP contribution is -2.56. The van der Waals surface area contributed by atoms with Gasteiger partial charge in [0.25, 0.3) is 0 Å². The Morgan fingerprint density at radius 3 is 2.95 bits per heavy atom. The van der Waals surface area contributed by atoms with Crippen LogP contribution in [0.3, 0.4) is 0 Å². The molecule has 7 rings (SSSR count). The first-order chi connectivity index (χ1) is 21.0. The second kappa shape index (κ2) is 11.2. The largest absolute Gasteiger partial charge is 0.461 e. The summed E-state index contributed by atoms with van der Waals surface area (Å²) in [4.78, 5) is 32.1. The van der Waals surface area contributed by atoms with Crippen molar-refractivity contribution in [3.8, 4) is 17.1 Å². The molecule has 2 aromatic heterocycles. The summed E-state index contributed by atoms with van der Waals surface area (Å²) in [6.45, 7) is 14.5. The summed E-state index contributed by atoms with van der Waals surface area (Å²) in [6, 6.07) is 14.7. The quantitative estimate of drug-likeness (QED) is 0.205. The van der Waals surface area contributed by atoms with Gasteiger partial charge in [-0.2, -0.15) is 9.97 Å². The van der Waals surface area contributed by atoms with Crippen molar-refractivity contribution in [2.45, 2.75) is 37.0 Å². The van der Waals surface area contributed by atoms with Gasteiger partial charge < -0.3 is 19.4 Å². The molecule has 3 atom stereocenters. The van der Waals surface area contributed by atoms with Crippen LogP contribution in [0.1, 0.15) is 19.3 Å². The number of anilines is 1. The van der Waals surface area contributed by atoms with Crippen LogP contribution in [0.15, 0.2) is 60.5 Å². The van der Waals surface area contributed by atoms with E-state index in [-0.39, 0.29) is 30.0 Å². The highest BCUT2D eigenvalue weighted by Crippen LogP contribution is 2.41.